The van der Waals surface area contributed by atoms with Crippen LogP contribution < -0.4 is 0 Å². The standard InChI is InChI=1S/C34H50O6/c1-20(2)11-10-16-33(9)28-25(38-21(3)35)19-32(8)24-12-13-26-30(5,6)27(39-22(4)36)15-17-31(26,7)23(24)14-18-34(28,32)29(37)40-33/h11,25-28H,10,12-19H2,1-9H3/t25-,26-,27-,28+,31+,32-,33-,34+/m0/s1. The topological polar surface area (TPSA) is 78.9 Å². The van der Waals surface area contributed by atoms with Crippen LogP contribution in [0.2, 0.25) is 0 Å². The van der Waals surface area contributed by atoms with Crippen molar-refractivity contribution in [3.8, 4) is 0 Å². The molecule has 8 atom stereocenters. The zero-order chi connectivity index (χ0) is 29.5. The van der Waals surface area contributed by atoms with Crippen molar-refractivity contribution >= 4 is 17.9 Å². The Hall–Kier alpha value is -2.11. The lowest BCUT2D eigenvalue weighted by Crippen LogP contribution is -2.56. The number of fused-ring (bicyclic) bond motifs is 3. The highest BCUT2D eigenvalue weighted by Gasteiger charge is 2.78. The van der Waals surface area contributed by atoms with Crippen molar-refractivity contribution in [2.45, 2.75) is 138 Å². The van der Waals surface area contributed by atoms with Gasteiger partial charge in [-0.25, -0.2) is 0 Å². The van der Waals surface area contributed by atoms with Gasteiger partial charge >= 0.3 is 17.9 Å². The van der Waals surface area contributed by atoms with Crippen molar-refractivity contribution in [1.82, 2.24) is 0 Å². The van der Waals surface area contributed by atoms with E-state index in [0.29, 0.717) is 12.3 Å². The Morgan fingerprint density at radius 1 is 0.925 bits per heavy atom. The molecule has 3 fully saturated rings. The number of carbonyl (C=O) groups is 3. The van der Waals surface area contributed by atoms with Gasteiger partial charge in [0.1, 0.15) is 17.8 Å². The zero-order valence-corrected chi connectivity index (χ0v) is 26.2. The monoisotopic (exact) mass is 554 g/mol. The molecule has 0 unspecified atom stereocenters. The van der Waals surface area contributed by atoms with Crippen molar-refractivity contribution in [3.63, 3.8) is 0 Å². The van der Waals surface area contributed by atoms with E-state index in [9.17, 15) is 14.4 Å². The molecule has 0 N–H and O–H groups in total. The molecule has 5 rings (SSSR count). The molecule has 1 saturated heterocycles. The van der Waals surface area contributed by atoms with Crippen molar-refractivity contribution < 1.29 is 28.6 Å². The van der Waals surface area contributed by atoms with Crippen LogP contribution in [0.25, 0.3) is 0 Å². The van der Waals surface area contributed by atoms with Crippen LogP contribution in [0, 0.1) is 33.5 Å². The molecule has 0 aromatic rings. The van der Waals surface area contributed by atoms with Gasteiger partial charge in [-0.1, -0.05) is 50.5 Å². The third-order valence-electron chi connectivity index (χ3n) is 12.3. The summed E-state index contributed by atoms with van der Waals surface area (Å²) in [5.74, 6) is -0.357. The van der Waals surface area contributed by atoms with E-state index < -0.39 is 16.4 Å². The Morgan fingerprint density at radius 2 is 1.60 bits per heavy atom. The van der Waals surface area contributed by atoms with Gasteiger partial charge in [-0.05, 0) is 89.9 Å². The second-order valence-corrected chi connectivity index (χ2v) is 15.1. The maximum Gasteiger partial charge on any atom is 0.314 e. The summed E-state index contributed by atoms with van der Waals surface area (Å²) in [7, 11) is 0. The molecule has 0 bridgehead atoms. The molecule has 2 saturated carbocycles. The van der Waals surface area contributed by atoms with E-state index in [-0.39, 0.29) is 46.9 Å². The van der Waals surface area contributed by atoms with E-state index in [4.69, 9.17) is 14.2 Å². The molecule has 4 aliphatic carbocycles. The predicted molar refractivity (Wildman–Crippen MR) is 153 cm³/mol. The highest BCUT2D eigenvalue weighted by Crippen LogP contribution is 2.76. The fourth-order valence-corrected chi connectivity index (χ4v) is 10.7. The molecule has 0 aromatic heterocycles. The first-order valence-electron chi connectivity index (χ1n) is 15.5. The minimum absolute atomic E-state index is 0.0113. The third-order valence-corrected chi connectivity index (χ3v) is 12.3. The van der Waals surface area contributed by atoms with Crippen LogP contribution in [0.1, 0.15) is 120 Å². The van der Waals surface area contributed by atoms with Gasteiger partial charge in [0.05, 0.1) is 11.3 Å². The van der Waals surface area contributed by atoms with Crippen molar-refractivity contribution in [2.75, 3.05) is 0 Å². The average Bonchev–Trinajstić information content (AvgIpc) is 3.22. The maximum atomic E-state index is 14.2. The van der Waals surface area contributed by atoms with Crippen LogP contribution in [-0.2, 0) is 28.6 Å². The van der Waals surface area contributed by atoms with Gasteiger partial charge < -0.3 is 14.2 Å². The van der Waals surface area contributed by atoms with Gasteiger partial charge in [-0.3, -0.25) is 14.4 Å². The van der Waals surface area contributed by atoms with Crippen LogP contribution in [-0.4, -0.2) is 35.7 Å². The number of hydrogen-bond donors (Lipinski definition) is 0. The molecule has 6 nitrogen and oxygen atoms in total. The van der Waals surface area contributed by atoms with E-state index in [1.807, 2.05) is 0 Å². The Labute approximate surface area is 240 Å². The summed E-state index contributed by atoms with van der Waals surface area (Å²) >= 11 is 0. The zero-order valence-electron chi connectivity index (χ0n) is 26.2. The molecule has 1 heterocycles. The molecular formula is C34H50O6. The molecule has 6 heteroatoms. The Bertz CT molecular complexity index is 1170. The first-order chi connectivity index (χ1) is 18.5. The summed E-state index contributed by atoms with van der Waals surface area (Å²) in [6.07, 6.45) is 9.35. The minimum atomic E-state index is -0.681. The van der Waals surface area contributed by atoms with Gasteiger partial charge in [-0.2, -0.15) is 0 Å². The fourth-order valence-electron chi connectivity index (χ4n) is 10.7. The lowest BCUT2D eigenvalue weighted by molar-refractivity contribution is -0.167. The van der Waals surface area contributed by atoms with Crippen molar-refractivity contribution in [2.24, 2.45) is 33.5 Å². The summed E-state index contributed by atoms with van der Waals surface area (Å²) in [6, 6.07) is 0. The summed E-state index contributed by atoms with van der Waals surface area (Å²) < 4.78 is 18.3. The summed E-state index contributed by atoms with van der Waals surface area (Å²) in [4.78, 5) is 38.5. The number of esters is 3. The highest BCUT2D eigenvalue weighted by atomic mass is 16.6. The predicted octanol–water partition coefficient (Wildman–Crippen LogP) is 7.25. The molecule has 1 aliphatic heterocycles. The smallest absolute Gasteiger partial charge is 0.314 e. The van der Waals surface area contributed by atoms with Crippen LogP contribution in [0.3, 0.4) is 0 Å². The second kappa shape index (κ2) is 9.46. The quantitative estimate of drug-likeness (QED) is 0.202. The average molecular weight is 555 g/mol. The van der Waals surface area contributed by atoms with Crippen LogP contribution in [0.15, 0.2) is 22.8 Å². The number of ether oxygens (including phenoxy) is 3. The van der Waals surface area contributed by atoms with Crippen molar-refractivity contribution in [3.05, 3.63) is 22.8 Å². The van der Waals surface area contributed by atoms with Gasteiger partial charge in [-0.15, -0.1) is 0 Å². The van der Waals surface area contributed by atoms with E-state index in [1.165, 1.54) is 30.6 Å². The van der Waals surface area contributed by atoms with Gasteiger partial charge in [0.15, 0.2) is 0 Å². The van der Waals surface area contributed by atoms with E-state index >= 15 is 0 Å². The lowest BCUT2D eigenvalue weighted by atomic mass is 9.43. The van der Waals surface area contributed by atoms with Gasteiger partial charge in [0.2, 0.25) is 0 Å². The SMILES string of the molecule is CC(=O)O[C@H]1C[C@@]2(C)C3=C(CC[C@@]24C(=O)O[C@@](C)(CCC=C(C)C)[C@@H]14)[C@@]1(C)CC[C@H](OC(C)=O)C(C)(C)[C@@H]1CC3. The highest BCUT2D eigenvalue weighted by molar-refractivity contribution is 5.84. The van der Waals surface area contributed by atoms with Gasteiger partial charge in [0, 0.05) is 24.7 Å². The first-order valence-corrected chi connectivity index (χ1v) is 15.5. The number of carbonyl (C=O) groups excluding carboxylic acids is 3. The first kappa shape index (κ1) is 29.4. The van der Waals surface area contributed by atoms with Crippen LogP contribution in [0.4, 0.5) is 0 Å². The molecular weight excluding hydrogens is 504 g/mol. The largest absolute Gasteiger partial charge is 0.462 e. The Morgan fingerprint density at radius 3 is 2.23 bits per heavy atom. The Kier molecular flexibility index (Phi) is 6.95. The minimum Gasteiger partial charge on any atom is -0.462 e. The summed E-state index contributed by atoms with van der Waals surface area (Å²) in [5.41, 5.74) is 2.26. The molecule has 0 radical (unpaired) electrons. The summed E-state index contributed by atoms with van der Waals surface area (Å²) in [5, 5.41) is 0. The van der Waals surface area contributed by atoms with Gasteiger partial charge in [0.25, 0.3) is 0 Å². The molecule has 5 aliphatic rings. The second-order valence-electron chi connectivity index (χ2n) is 15.1. The molecule has 1 spiro atoms. The normalized spacial score (nSPS) is 43.1. The molecule has 222 valence electrons. The molecule has 40 heavy (non-hydrogen) atoms. The lowest BCUT2D eigenvalue weighted by Gasteiger charge is -2.61. The van der Waals surface area contributed by atoms with Crippen LogP contribution in [0.5, 0.6) is 0 Å². The van der Waals surface area contributed by atoms with Crippen molar-refractivity contribution in [1.29, 1.82) is 0 Å². The van der Waals surface area contributed by atoms with E-state index in [0.717, 1.165) is 51.4 Å². The number of cyclic esters (lactones) is 1. The third kappa shape index (κ3) is 3.97. The summed E-state index contributed by atoms with van der Waals surface area (Å²) in [6.45, 7) is 18.5. The van der Waals surface area contributed by atoms with Crippen LogP contribution >= 0.6 is 0 Å². The van der Waals surface area contributed by atoms with E-state index in [1.54, 1.807) is 0 Å². The maximum absolute atomic E-state index is 14.2. The number of allylic oxidation sites excluding steroid dienone is 4. The molecule has 0 aromatic carbocycles. The number of rotatable bonds is 5. The number of hydrogen-bond acceptors (Lipinski definition) is 6. The Balaban J connectivity index is 1.58. The fraction of sp³-hybridized carbons (Fsp3) is 0.794. The molecule has 0 amide bonds. The van der Waals surface area contributed by atoms with E-state index in [2.05, 4.69) is 54.5 Å².